The highest BCUT2D eigenvalue weighted by atomic mass is 35.5. The van der Waals surface area contributed by atoms with Gasteiger partial charge in [-0.1, -0.05) is 17.7 Å². The summed E-state index contributed by atoms with van der Waals surface area (Å²) in [6.07, 6.45) is 0.535. The molecule has 2 N–H and O–H groups in total. The number of aromatic nitrogens is 3. The SMILES string of the molecule is O=C(NCCc1csc2nc(-c3cccs3)nn12)C(=O)Nc1ccc(Cl)cc1. The fourth-order valence-electron chi connectivity index (χ4n) is 2.51. The van der Waals surface area contributed by atoms with Crippen LogP contribution in [-0.4, -0.2) is 33.0 Å². The molecular weight excluding hydrogens is 418 g/mol. The van der Waals surface area contributed by atoms with Crippen molar-refractivity contribution in [3.8, 4) is 10.7 Å². The number of rotatable bonds is 5. The summed E-state index contributed by atoms with van der Waals surface area (Å²) in [6, 6.07) is 10.5. The molecule has 3 heterocycles. The number of thiazole rings is 1. The first-order chi connectivity index (χ1) is 13.6. The van der Waals surface area contributed by atoms with E-state index in [0.717, 1.165) is 15.5 Å². The molecule has 4 aromatic rings. The number of hydrogen-bond donors (Lipinski definition) is 2. The number of fused-ring (bicyclic) bond motifs is 1. The van der Waals surface area contributed by atoms with Crippen LogP contribution in [0.1, 0.15) is 5.69 Å². The van der Waals surface area contributed by atoms with E-state index in [1.165, 1.54) is 11.3 Å². The largest absolute Gasteiger partial charge is 0.347 e. The number of amides is 2. The number of thiophene rings is 1. The van der Waals surface area contributed by atoms with Gasteiger partial charge in [0.2, 0.25) is 4.96 Å². The van der Waals surface area contributed by atoms with Crippen molar-refractivity contribution in [1.82, 2.24) is 19.9 Å². The number of halogens is 1. The summed E-state index contributed by atoms with van der Waals surface area (Å²) in [5, 5.41) is 14.2. The van der Waals surface area contributed by atoms with Crippen molar-refractivity contribution in [3.63, 3.8) is 0 Å². The summed E-state index contributed by atoms with van der Waals surface area (Å²) in [6.45, 7) is 0.312. The molecule has 0 radical (unpaired) electrons. The Morgan fingerprint density at radius 1 is 1.11 bits per heavy atom. The molecule has 0 bridgehead atoms. The fourth-order valence-corrected chi connectivity index (χ4v) is 4.15. The van der Waals surface area contributed by atoms with Gasteiger partial charge in [-0.2, -0.15) is 4.98 Å². The second-order valence-corrected chi connectivity index (χ2v) is 8.02. The number of benzene rings is 1. The first-order valence-corrected chi connectivity index (χ1v) is 10.5. The van der Waals surface area contributed by atoms with Crippen molar-refractivity contribution >= 4 is 56.7 Å². The summed E-state index contributed by atoms with van der Waals surface area (Å²) >= 11 is 8.87. The molecule has 142 valence electrons. The van der Waals surface area contributed by atoms with Gasteiger partial charge in [-0.05, 0) is 35.7 Å². The third-order valence-electron chi connectivity index (χ3n) is 3.87. The Morgan fingerprint density at radius 2 is 1.93 bits per heavy atom. The Labute approximate surface area is 173 Å². The maximum absolute atomic E-state index is 12.0. The lowest BCUT2D eigenvalue weighted by Crippen LogP contribution is -2.36. The molecule has 0 aliphatic rings. The van der Waals surface area contributed by atoms with E-state index >= 15 is 0 Å². The molecule has 10 heteroatoms. The van der Waals surface area contributed by atoms with Crippen molar-refractivity contribution in [2.45, 2.75) is 6.42 Å². The summed E-state index contributed by atoms with van der Waals surface area (Å²) in [5.41, 5.74) is 1.43. The molecule has 4 rings (SSSR count). The van der Waals surface area contributed by atoms with Gasteiger partial charge in [0.15, 0.2) is 5.82 Å². The van der Waals surface area contributed by atoms with E-state index in [4.69, 9.17) is 11.6 Å². The third kappa shape index (κ3) is 4.06. The Bertz CT molecular complexity index is 1120. The minimum Gasteiger partial charge on any atom is -0.347 e. The molecule has 1 aromatic carbocycles. The first-order valence-electron chi connectivity index (χ1n) is 8.32. The lowest BCUT2D eigenvalue weighted by Gasteiger charge is -2.06. The predicted molar refractivity (Wildman–Crippen MR) is 111 cm³/mol. The smallest absolute Gasteiger partial charge is 0.313 e. The van der Waals surface area contributed by atoms with Crippen molar-refractivity contribution in [2.24, 2.45) is 0 Å². The van der Waals surface area contributed by atoms with Gasteiger partial charge in [-0.3, -0.25) is 9.59 Å². The standard InChI is InChI=1S/C18H14ClN5O2S2/c19-11-3-5-12(6-4-11)21-17(26)16(25)20-8-7-13-10-28-18-22-15(23-24(13)18)14-2-1-9-27-14/h1-6,9-10H,7-8H2,(H,20,25)(H,21,26). The number of nitrogens with one attached hydrogen (secondary N) is 2. The molecule has 0 saturated carbocycles. The summed E-state index contributed by atoms with van der Waals surface area (Å²) < 4.78 is 1.78. The zero-order valence-corrected chi connectivity index (χ0v) is 16.8. The highest BCUT2D eigenvalue weighted by molar-refractivity contribution is 7.15. The zero-order valence-electron chi connectivity index (χ0n) is 14.4. The van der Waals surface area contributed by atoms with Gasteiger partial charge in [-0.15, -0.1) is 27.8 Å². The van der Waals surface area contributed by atoms with Crippen LogP contribution in [0.25, 0.3) is 15.7 Å². The molecule has 7 nitrogen and oxygen atoms in total. The molecule has 0 fully saturated rings. The van der Waals surface area contributed by atoms with Crippen molar-refractivity contribution in [1.29, 1.82) is 0 Å². The maximum atomic E-state index is 12.0. The van der Waals surface area contributed by atoms with Crippen LogP contribution in [0.2, 0.25) is 5.02 Å². The second kappa shape index (κ2) is 8.09. The van der Waals surface area contributed by atoms with Crippen molar-refractivity contribution in [3.05, 3.63) is 57.9 Å². The number of anilines is 1. The highest BCUT2D eigenvalue weighted by Crippen LogP contribution is 2.24. The minimum absolute atomic E-state index is 0.312. The van der Waals surface area contributed by atoms with Gasteiger partial charge in [-0.25, -0.2) is 4.52 Å². The van der Waals surface area contributed by atoms with E-state index in [1.54, 1.807) is 40.1 Å². The van der Waals surface area contributed by atoms with E-state index < -0.39 is 11.8 Å². The van der Waals surface area contributed by atoms with E-state index in [-0.39, 0.29) is 0 Å². The topological polar surface area (TPSA) is 88.4 Å². The Balaban J connectivity index is 1.33. The van der Waals surface area contributed by atoms with Gasteiger partial charge in [0.1, 0.15) is 0 Å². The van der Waals surface area contributed by atoms with Crippen LogP contribution >= 0.6 is 34.3 Å². The van der Waals surface area contributed by atoms with Crippen LogP contribution in [0, 0.1) is 0 Å². The van der Waals surface area contributed by atoms with E-state index in [9.17, 15) is 9.59 Å². The first kappa shape index (κ1) is 18.6. The van der Waals surface area contributed by atoms with Crippen LogP contribution in [-0.2, 0) is 16.0 Å². The molecule has 0 atom stereocenters. The van der Waals surface area contributed by atoms with E-state index in [2.05, 4.69) is 20.7 Å². The molecule has 3 aromatic heterocycles. The number of hydrogen-bond acceptors (Lipinski definition) is 6. The van der Waals surface area contributed by atoms with Crippen LogP contribution < -0.4 is 10.6 Å². The molecule has 28 heavy (non-hydrogen) atoms. The zero-order chi connectivity index (χ0) is 19.5. The monoisotopic (exact) mass is 431 g/mol. The fraction of sp³-hybridized carbons (Fsp3) is 0.111. The molecule has 0 spiro atoms. The van der Waals surface area contributed by atoms with Gasteiger partial charge < -0.3 is 10.6 Å². The molecular formula is C18H14ClN5O2S2. The normalized spacial score (nSPS) is 10.9. The van der Waals surface area contributed by atoms with Gasteiger partial charge in [0.05, 0.1) is 10.6 Å². The Morgan fingerprint density at radius 3 is 2.68 bits per heavy atom. The van der Waals surface area contributed by atoms with E-state index in [0.29, 0.717) is 29.5 Å². The quantitative estimate of drug-likeness (QED) is 0.473. The Kier molecular flexibility index (Phi) is 5.38. The number of nitrogens with zero attached hydrogens (tertiary/aromatic N) is 3. The van der Waals surface area contributed by atoms with Crippen molar-refractivity contribution in [2.75, 3.05) is 11.9 Å². The molecule has 0 unspecified atom stereocenters. The van der Waals surface area contributed by atoms with Gasteiger partial charge in [0.25, 0.3) is 0 Å². The van der Waals surface area contributed by atoms with Crippen LogP contribution in [0.3, 0.4) is 0 Å². The molecule has 0 aliphatic heterocycles. The third-order valence-corrected chi connectivity index (χ3v) is 5.85. The highest BCUT2D eigenvalue weighted by Gasteiger charge is 2.15. The minimum atomic E-state index is -0.724. The average molecular weight is 432 g/mol. The second-order valence-electron chi connectivity index (χ2n) is 5.80. The predicted octanol–water partition coefficient (Wildman–Crippen LogP) is 3.47. The van der Waals surface area contributed by atoms with Gasteiger partial charge in [0, 0.05) is 29.1 Å². The maximum Gasteiger partial charge on any atom is 0.313 e. The van der Waals surface area contributed by atoms with Crippen LogP contribution in [0.5, 0.6) is 0 Å². The van der Waals surface area contributed by atoms with E-state index in [1.807, 2.05) is 22.9 Å². The van der Waals surface area contributed by atoms with Gasteiger partial charge >= 0.3 is 11.8 Å². The lowest BCUT2D eigenvalue weighted by molar-refractivity contribution is -0.136. The summed E-state index contributed by atoms with van der Waals surface area (Å²) in [7, 11) is 0. The number of carbonyl (C=O) groups is 2. The Hall–Kier alpha value is -2.75. The molecule has 0 aliphatic carbocycles. The number of carbonyl (C=O) groups excluding carboxylic acids is 2. The van der Waals surface area contributed by atoms with Crippen LogP contribution in [0.4, 0.5) is 5.69 Å². The van der Waals surface area contributed by atoms with Crippen molar-refractivity contribution < 1.29 is 9.59 Å². The summed E-state index contributed by atoms with van der Waals surface area (Å²) in [4.78, 5) is 30.3. The summed E-state index contributed by atoms with van der Waals surface area (Å²) in [5.74, 6) is -0.729. The molecule has 0 saturated heterocycles. The average Bonchev–Trinajstić information content (AvgIpc) is 3.41. The lowest BCUT2D eigenvalue weighted by atomic mass is 10.3. The molecule has 2 amide bonds. The van der Waals surface area contributed by atoms with Crippen LogP contribution in [0.15, 0.2) is 47.2 Å².